The first kappa shape index (κ1) is 67.5. The smallest absolute Gasteiger partial charge is 0.456 e. The molecular formula is C60H110N2O7P+. The lowest BCUT2D eigenvalue weighted by Crippen LogP contribution is -2.47. The van der Waals surface area contributed by atoms with Crippen LogP contribution in [0.15, 0.2) is 72.9 Å². The lowest BCUT2D eigenvalue weighted by atomic mass is 10.0. The van der Waals surface area contributed by atoms with E-state index in [1.165, 1.54) is 128 Å². The van der Waals surface area contributed by atoms with Gasteiger partial charge in [-0.15, -0.1) is 0 Å². The van der Waals surface area contributed by atoms with Crippen LogP contribution in [-0.2, 0) is 27.9 Å². The molecule has 0 fully saturated rings. The van der Waals surface area contributed by atoms with Gasteiger partial charge in [0.2, 0.25) is 5.91 Å². The second-order valence-electron chi connectivity index (χ2n) is 20.5. The third-order valence-corrected chi connectivity index (χ3v) is 13.4. The molecule has 0 saturated carbocycles. The standard InChI is InChI=1S/C60H109N2O7P/c1-7-10-13-16-19-22-25-28-30-31-32-35-38-41-44-47-50-53-60(64)69-58(51-48-45-42-39-36-33-27-24-21-18-15-12-9-3)57(56-68-70(65,66)67-55-54-62(4,5)6)61-59(63)52-49-46-43-40-37-34-29-26-23-20-17-14-11-8-2/h19,22,28,30,32,34-35,37,41,44,48,51,57-58H,7-18,20-21,23-27,29,31,33,36,38-40,42-43,45-47,49-50,52-56H2,1-6H3,(H-,61,63,65,66)/p+1/b22-19-,30-28-,35-32-,37-34-,44-41-,51-48+. The molecular weight excluding hydrogens is 892 g/mol. The van der Waals surface area contributed by atoms with Gasteiger partial charge in [-0.25, -0.2) is 4.57 Å². The molecule has 0 spiro atoms. The van der Waals surface area contributed by atoms with E-state index in [-0.39, 0.29) is 31.5 Å². The lowest BCUT2D eigenvalue weighted by molar-refractivity contribution is -0.870. The monoisotopic (exact) mass is 1000 g/mol. The van der Waals surface area contributed by atoms with Gasteiger partial charge in [0.05, 0.1) is 33.8 Å². The summed E-state index contributed by atoms with van der Waals surface area (Å²) in [5.74, 6) is -0.590. The normalized spacial score (nSPS) is 14.3. The zero-order valence-electron chi connectivity index (χ0n) is 46.2. The Labute approximate surface area is 432 Å². The number of hydrogen-bond donors (Lipinski definition) is 2. The Morgan fingerprint density at radius 3 is 1.37 bits per heavy atom. The summed E-state index contributed by atoms with van der Waals surface area (Å²) in [6, 6.07) is -0.879. The van der Waals surface area contributed by atoms with Gasteiger partial charge in [-0.2, -0.15) is 0 Å². The number of allylic oxidation sites excluding steroid dienone is 11. The van der Waals surface area contributed by atoms with Crippen LogP contribution < -0.4 is 5.32 Å². The zero-order chi connectivity index (χ0) is 51.5. The van der Waals surface area contributed by atoms with Crippen LogP contribution in [0.3, 0.4) is 0 Å². The molecule has 3 unspecified atom stereocenters. The predicted molar refractivity (Wildman–Crippen MR) is 300 cm³/mol. The van der Waals surface area contributed by atoms with Crippen LogP contribution >= 0.6 is 7.82 Å². The number of ether oxygens (including phenoxy) is 1. The predicted octanol–water partition coefficient (Wildman–Crippen LogP) is 17.3. The molecule has 0 heterocycles. The maximum Gasteiger partial charge on any atom is 0.472 e. The first-order valence-corrected chi connectivity index (χ1v) is 30.3. The summed E-state index contributed by atoms with van der Waals surface area (Å²) >= 11 is 0. The summed E-state index contributed by atoms with van der Waals surface area (Å²) in [4.78, 5) is 37.5. The first-order chi connectivity index (χ1) is 33.9. The number of nitrogens with one attached hydrogen (secondary N) is 1. The van der Waals surface area contributed by atoms with Gasteiger partial charge in [-0.3, -0.25) is 18.6 Å². The van der Waals surface area contributed by atoms with Gasteiger partial charge in [-0.05, 0) is 96.0 Å². The Morgan fingerprint density at radius 1 is 0.500 bits per heavy atom. The quantitative estimate of drug-likeness (QED) is 0.0205. The van der Waals surface area contributed by atoms with E-state index in [0.717, 1.165) is 70.6 Å². The molecule has 9 nitrogen and oxygen atoms in total. The Hall–Kier alpha value is -2.55. The number of carbonyl (C=O) groups is 2. The number of nitrogens with zero attached hydrogens (tertiary/aromatic N) is 1. The summed E-state index contributed by atoms with van der Waals surface area (Å²) < 4.78 is 30.5. The largest absolute Gasteiger partial charge is 0.472 e. The molecule has 0 aliphatic carbocycles. The van der Waals surface area contributed by atoms with Crippen molar-refractivity contribution in [3.05, 3.63) is 72.9 Å². The minimum absolute atomic E-state index is 0.0271. The van der Waals surface area contributed by atoms with Gasteiger partial charge in [0.25, 0.3) is 0 Å². The van der Waals surface area contributed by atoms with Crippen LogP contribution in [-0.4, -0.2) is 74.3 Å². The number of esters is 1. The van der Waals surface area contributed by atoms with Crippen LogP contribution in [0.1, 0.15) is 245 Å². The molecule has 0 bridgehead atoms. The van der Waals surface area contributed by atoms with E-state index in [1.54, 1.807) is 0 Å². The van der Waals surface area contributed by atoms with Crippen molar-refractivity contribution in [2.75, 3.05) is 40.9 Å². The average molecular weight is 1000 g/mol. The summed E-state index contributed by atoms with van der Waals surface area (Å²) in [6.07, 6.45) is 63.3. The van der Waals surface area contributed by atoms with Crippen LogP contribution in [0.5, 0.6) is 0 Å². The number of quaternary nitrogens is 1. The fraction of sp³-hybridized carbons (Fsp3) is 0.767. The van der Waals surface area contributed by atoms with Gasteiger partial charge < -0.3 is 19.4 Å². The van der Waals surface area contributed by atoms with Crippen LogP contribution in [0.4, 0.5) is 0 Å². The van der Waals surface area contributed by atoms with Gasteiger partial charge in [0, 0.05) is 12.8 Å². The van der Waals surface area contributed by atoms with Crippen molar-refractivity contribution >= 4 is 19.7 Å². The molecule has 0 aromatic heterocycles. The van der Waals surface area contributed by atoms with Crippen molar-refractivity contribution in [1.29, 1.82) is 0 Å². The number of carbonyl (C=O) groups excluding carboxylic acids is 2. The summed E-state index contributed by atoms with van der Waals surface area (Å²) in [5, 5.41) is 3.02. The number of phosphoric acid groups is 1. The fourth-order valence-corrected chi connectivity index (χ4v) is 8.60. The number of unbranched alkanes of at least 4 members (excludes halogenated alkanes) is 25. The fourth-order valence-electron chi connectivity index (χ4n) is 7.87. The number of phosphoric ester groups is 1. The summed E-state index contributed by atoms with van der Waals surface area (Å²) in [5.41, 5.74) is 0. The van der Waals surface area contributed by atoms with Gasteiger partial charge in [-0.1, -0.05) is 210 Å². The maximum absolute atomic E-state index is 13.5. The summed E-state index contributed by atoms with van der Waals surface area (Å²) in [7, 11) is 1.45. The van der Waals surface area contributed by atoms with Gasteiger partial charge >= 0.3 is 13.8 Å². The highest BCUT2D eigenvalue weighted by molar-refractivity contribution is 7.47. The van der Waals surface area contributed by atoms with E-state index in [4.69, 9.17) is 13.8 Å². The Balaban J connectivity index is 5.50. The number of amides is 1. The molecule has 0 aromatic carbocycles. The molecule has 0 aromatic rings. The van der Waals surface area contributed by atoms with Crippen LogP contribution in [0.25, 0.3) is 0 Å². The minimum atomic E-state index is -4.46. The van der Waals surface area contributed by atoms with Gasteiger partial charge in [0.15, 0.2) is 0 Å². The van der Waals surface area contributed by atoms with Crippen LogP contribution in [0.2, 0.25) is 0 Å². The van der Waals surface area contributed by atoms with Gasteiger partial charge in [0.1, 0.15) is 19.3 Å². The first-order valence-electron chi connectivity index (χ1n) is 28.8. The molecule has 2 N–H and O–H groups in total. The minimum Gasteiger partial charge on any atom is -0.456 e. The van der Waals surface area contributed by atoms with E-state index >= 15 is 0 Å². The molecule has 0 saturated heterocycles. The topological polar surface area (TPSA) is 111 Å². The lowest BCUT2D eigenvalue weighted by Gasteiger charge is -2.27. The number of rotatable bonds is 51. The number of likely N-dealkylation sites (N-methyl/N-ethyl adjacent to an activating group) is 1. The molecule has 0 aliphatic heterocycles. The van der Waals surface area contributed by atoms with Crippen molar-refractivity contribution in [1.82, 2.24) is 5.32 Å². The molecule has 70 heavy (non-hydrogen) atoms. The second kappa shape index (κ2) is 50.0. The molecule has 406 valence electrons. The van der Waals surface area contributed by atoms with E-state index in [0.29, 0.717) is 30.3 Å². The Morgan fingerprint density at radius 2 is 0.886 bits per heavy atom. The molecule has 0 aliphatic rings. The second-order valence-corrected chi connectivity index (χ2v) is 21.9. The highest BCUT2D eigenvalue weighted by Crippen LogP contribution is 2.43. The Bertz CT molecular complexity index is 1430. The average Bonchev–Trinajstić information content (AvgIpc) is 3.32. The Kier molecular flexibility index (Phi) is 48.2. The molecule has 1 amide bonds. The van der Waals surface area contributed by atoms with Crippen molar-refractivity contribution in [3.63, 3.8) is 0 Å². The highest BCUT2D eigenvalue weighted by atomic mass is 31.2. The molecule has 0 radical (unpaired) electrons. The SMILES string of the molecule is CCCCC/C=C\C/C=C\C/C=C\C/C=C\CCCC(=O)OC(/C=C/CCCCCCCCCCCCC)C(COP(=O)(O)OCC[N+](C)(C)C)NC(=O)CCCCC/C=C\CCCCCCCCC. The maximum atomic E-state index is 13.5. The highest BCUT2D eigenvalue weighted by Gasteiger charge is 2.30. The van der Waals surface area contributed by atoms with Crippen molar-refractivity contribution < 1.29 is 37.3 Å². The third kappa shape index (κ3) is 50.4. The zero-order valence-corrected chi connectivity index (χ0v) is 47.1. The molecule has 3 atom stereocenters. The third-order valence-electron chi connectivity index (χ3n) is 12.4. The van der Waals surface area contributed by atoms with E-state index in [1.807, 2.05) is 33.3 Å². The van der Waals surface area contributed by atoms with E-state index in [2.05, 4.69) is 86.8 Å². The van der Waals surface area contributed by atoms with Crippen molar-refractivity contribution in [3.8, 4) is 0 Å². The van der Waals surface area contributed by atoms with E-state index < -0.39 is 20.0 Å². The van der Waals surface area contributed by atoms with E-state index in [9.17, 15) is 19.0 Å². The van der Waals surface area contributed by atoms with Crippen LogP contribution in [0, 0.1) is 0 Å². The van der Waals surface area contributed by atoms with Crippen molar-refractivity contribution in [2.45, 2.75) is 258 Å². The molecule has 0 rings (SSSR count). The number of hydrogen-bond acceptors (Lipinski definition) is 6. The summed E-state index contributed by atoms with van der Waals surface area (Å²) in [6.45, 7) is 6.93. The van der Waals surface area contributed by atoms with Crippen molar-refractivity contribution in [2.24, 2.45) is 0 Å². The molecule has 10 heteroatoms.